The first-order chi connectivity index (χ1) is 8.06. The van der Waals surface area contributed by atoms with Crippen molar-refractivity contribution in [1.82, 2.24) is 10.2 Å². The molecule has 2 aromatic rings. The molecule has 3 N–H and O–H groups in total. The number of nitrogens with zero attached hydrogens (tertiary/aromatic N) is 1. The minimum Gasteiger partial charge on any atom is -0.508 e. The van der Waals surface area contributed by atoms with Crippen molar-refractivity contribution < 1.29 is 9.90 Å². The van der Waals surface area contributed by atoms with Gasteiger partial charge in [-0.15, -0.1) is 0 Å². The lowest BCUT2D eigenvalue weighted by atomic mass is 10.2. The second-order valence-corrected chi connectivity index (χ2v) is 3.96. The van der Waals surface area contributed by atoms with Gasteiger partial charge in [0.15, 0.2) is 5.82 Å². The summed E-state index contributed by atoms with van der Waals surface area (Å²) < 4.78 is 0. The van der Waals surface area contributed by atoms with Gasteiger partial charge in [-0.2, -0.15) is 5.10 Å². The number of aromatic nitrogens is 2. The van der Waals surface area contributed by atoms with Gasteiger partial charge in [-0.25, -0.2) is 0 Å². The molecule has 1 heterocycles. The van der Waals surface area contributed by atoms with E-state index in [1.807, 2.05) is 6.92 Å². The average Bonchev–Trinajstić information content (AvgIpc) is 2.67. The van der Waals surface area contributed by atoms with Gasteiger partial charge in [0.2, 0.25) is 0 Å². The van der Waals surface area contributed by atoms with Crippen LogP contribution in [0.3, 0.4) is 0 Å². The van der Waals surface area contributed by atoms with Crippen LogP contribution < -0.4 is 5.32 Å². The predicted molar refractivity (Wildman–Crippen MR) is 64.4 cm³/mol. The Morgan fingerprint density at radius 2 is 2.24 bits per heavy atom. The molecule has 1 aromatic carbocycles. The molecule has 6 heteroatoms. The topological polar surface area (TPSA) is 78.0 Å². The highest BCUT2D eigenvalue weighted by atomic mass is 35.5. The molecule has 0 bridgehead atoms. The quantitative estimate of drug-likeness (QED) is 0.767. The van der Waals surface area contributed by atoms with Crippen molar-refractivity contribution in [2.24, 2.45) is 0 Å². The van der Waals surface area contributed by atoms with Gasteiger partial charge in [-0.05, 0) is 25.1 Å². The highest BCUT2D eigenvalue weighted by Crippen LogP contribution is 2.22. The van der Waals surface area contributed by atoms with Gasteiger partial charge in [-0.3, -0.25) is 9.89 Å². The molecule has 5 nitrogen and oxygen atoms in total. The minimum atomic E-state index is -0.419. The number of hydrogen-bond donors (Lipinski definition) is 3. The van der Waals surface area contributed by atoms with Crippen LogP contribution in [0.25, 0.3) is 0 Å². The number of phenols is 1. The van der Waals surface area contributed by atoms with Crippen LogP contribution in [-0.4, -0.2) is 21.2 Å². The van der Waals surface area contributed by atoms with Crippen molar-refractivity contribution in [3.05, 3.63) is 40.5 Å². The first-order valence-electron chi connectivity index (χ1n) is 4.88. The van der Waals surface area contributed by atoms with Crippen molar-refractivity contribution >= 4 is 23.3 Å². The van der Waals surface area contributed by atoms with E-state index in [4.69, 9.17) is 11.6 Å². The van der Waals surface area contributed by atoms with Crippen LogP contribution in [0.4, 0.5) is 5.82 Å². The second-order valence-electron chi connectivity index (χ2n) is 3.55. The summed E-state index contributed by atoms with van der Waals surface area (Å²) in [6.45, 7) is 1.82. The van der Waals surface area contributed by atoms with Crippen molar-refractivity contribution in [3.63, 3.8) is 0 Å². The molecule has 0 saturated heterocycles. The van der Waals surface area contributed by atoms with E-state index in [-0.39, 0.29) is 16.3 Å². The van der Waals surface area contributed by atoms with E-state index in [1.165, 1.54) is 18.2 Å². The molecule has 88 valence electrons. The number of rotatable bonds is 2. The van der Waals surface area contributed by atoms with E-state index in [0.717, 1.165) is 5.69 Å². The van der Waals surface area contributed by atoms with Crippen molar-refractivity contribution in [1.29, 1.82) is 0 Å². The molecule has 0 aliphatic carbocycles. The number of hydrogen-bond acceptors (Lipinski definition) is 3. The summed E-state index contributed by atoms with van der Waals surface area (Å²) in [5, 5.41) is 18.7. The fourth-order valence-corrected chi connectivity index (χ4v) is 1.56. The molecule has 0 saturated carbocycles. The zero-order valence-electron chi connectivity index (χ0n) is 8.99. The Hall–Kier alpha value is -2.01. The molecule has 0 unspecified atom stereocenters. The van der Waals surface area contributed by atoms with E-state index in [1.54, 1.807) is 6.07 Å². The number of aryl methyl sites for hydroxylation is 1. The van der Waals surface area contributed by atoms with Gasteiger partial charge in [0.25, 0.3) is 5.91 Å². The maximum atomic E-state index is 11.8. The third-order valence-electron chi connectivity index (χ3n) is 2.14. The predicted octanol–water partition coefficient (Wildman–Crippen LogP) is 2.33. The first kappa shape index (κ1) is 11.5. The summed E-state index contributed by atoms with van der Waals surface area (Å²) in [5.74, 6) is -0.0259. The van der Waals surface area contributed by atoms with Crippen LogP contribution in [0, 0.1) is 6.92 Å². The van der Waals surface area contributed by atoms with Gasteiger partial charge >= 0.3 is 0 Å². The number of carbonyl (C=O) groups excluding carboxylic acids is 1. The molecule has 0 aliphatic rings. The molecular weight excluding hydrogens is 242 g/mol. The summed E-state index contributed by atoms with van der Waals surface area (Å²) in [7, 11) is 0. The Kier molecular flexibility index (Phi) is 3.01. The Balaban J connectivity index is 2.22. The van der Waals surface area contributed by atoms with E-state index in [9.17, 15) is 9.90 Å². The monoisotopic (exact) mass is 251 g/mol. The van der Waals surface area contributed by atoms with Crippen molar-refractivity contribution in [3.8, 4) is 5.75 Å². The fourth-order valence-electron chi connectivity index (χ4n) is 1.35. The molecule has 0 atom stereocenters. The number of halogens is 1. The zero-order chi connectivity index (χ0) is 12.4. The summed E-state index contributed by atoms with van der Waals surface area (Å²) >= 11 is 5.86. The van der Waals surface area contributed by atoms with E-state index < -0.39 is 5.91 Å². The average molecular weight is 252 g/mol. The molecule has 1 amide bonds. The molecular formula is C11H10ClN3O2. The van der Waals surface area contributed by atoms with E-state index in [2.05, 4.69) is 15.5 Å². The molecule has 0 radical (unpaired) electrons. The van der Waals surface area contributed by atoms with Crippen LogP contribution in [0.5, 0.6) is 5.75 Å². The van der Waals surface area contributed by atoms with Gasteiger partial charge in [0.1, 0.15) is 5.75 Å². The van der Waals surface area contributed by atoms with Crippen LogP contribution >= 0.6 is 11.6 Å². The second kappa shape index (κ2) is 4.47. The van der Waals surface area contributed by atoms with Gasteiger partial charge in [0, 0.05) is 11.8 Å². The SMILES string of the molecule is Cc1cc(NC(=O)c2cc(O)ccc2Cl)n[nH]1. The van der Waals surface area contributed by atoms with Gasteiger partial charge < -0.3 is 10.4 Å². The largest absolute Gasteiger partial charge is 0.508 e. The number of amides is 1. The van der Waals surface area contributed by atoms with Crippen LogP contribution in [0.2, 0.25) is 5.02 Å². The number of H-pyrrole nitrogens is 1. The van der Waals surface area contributed by atoms with Crippen LogP contribution in [0.1, 0.15) is 16.1 Å². The Bertz CT molecular complexity index is 566. The maximum absolute atomic E-state index is 11.8. The Morgan fingerprint density at radius 3 is 2.88 bits per heavy atom. The molecule has 0 aliphatic heterocycles. The number of carbonyl (C=O) groups is 1. The summed E-state index contributed by atoms with van der Waals surface area (Å²) in [5.41, 5.74) is 1.04. The molecule has 2 rings (SSSR count). The fraction of sp³-hybridized carbons (Fsp3) is 0.0909. The number of aromatic amines is 1. The smallest absolute Gasteiger partial charge is 0.258 e. The van der Waals surface area contributed by atoms with Crippen molar-refractivity contribution in [2.75, 3.05) is 5.32 Å². The third-order valence-corrected chi connectivity index (χ3v) is 2.47. The number of nitrogens with one attached hydrogen (secondary N) is 2. The third kappa shape index (κ3) is 2.57. The molecule has 1 aromatic heterocycles. The summed E-state index contributed by atoms with van der Waals surface area (Å²) in [4.78, 5) is 11.8. The standard InChI is InChI=1S/C11H10ClN3O2/c1-6-4-10(15-14-6)13-11(17)8-5-7(16)2-3-9(8)12/h2-5,16H,1H3,(H2,13,14,15,17). The lowest BCUT2D eigenvalue weighted by molar-refractivity contribution is 0.102. The molecule has 0 fully saturated rings. The maximum Gasteiger partial charge on any atom is 0.258 e. The molecule has 17 heavy (non-hydrogen) atoms. The van der Waals surface area contributed by atoms with Crippen LogP contribution in [-0.2, 0) is 0 Å². The molecule has 0 spiro atoms. The lowest BCUT2D eigenvalue weighted by Gasteiger charge is -2.04. The van der Waals surface area contributed by atoms with Crippen molar-refractivity contribution in [2.45, 2.75) is 6.92 Å². The van der Waals surface area contributed by atoms with E-state index in [0.29, 0.717) is 5.82 Å². The van der Waals surface area contributed by atoms with E-state index >= 15 is 0 Å². The zero-order valence-corrected chi connectivity index (χ0v) is 9.75. The van der Waals surface area contributed by atoms with Crippen LogP contribution in [0.15, 0.2) is 24.3 Å². The van der Waals surface area contributed by atoms with Gasteiger partial charge in [-0.1, -0.05) is 11.6 Å². The number of anilines is 1. The lowest BCUT2D eigenvalue weighted by Crippen LogP contribution is -2.12. The minimum absolute atomic E-state index is 0.0160. The Morgan fingerprint density at radius 1 is 1.47 bits per heavy atom. The summed E-state index contributed by atoms with van der Waals surface area (Å²) in [6, 6.07) is 5.87. The highest BCUT2D eigenvalue weighted by molar-refractivity contribution is 6.34. The number of phenolic OH excluding ortho intramolecular Hbond substituents is 1. The number of aromatic hydroxyl groups is 1. The first-order valence-corrected chi connectivity index (χ1v) is 5.26. The highest BCUT2D eigenvalue weighted by Gasteiger charge is 2.12. The number of benzene rings is 1. The Labute approximate surface area is 102 Å². The normalized spacial score (nSPS) is 10.2. The van der Waals surface area contributed by atoms with Gasteiger partial charge in [0.05, 0.1) is 10.6 Å². The summed E-state index contributed by atoms with van der Waals surface area (Å²) in [6.07, 6.45) is 0.